The maximum Gasteiger partial charge on any atom is 0.365 e. The molecule has 2 heterocycles. The van der Waals surface area contributed by atoms with Crippen molar-refractivity contribution < 1.29 is 23.5 Å². The van der Waals surface area contributed by atoms with Gasteiger partial charge in [0.25, 0.3) is 0 Å². The molecule has 0 amide bonds. The molecule has 32 heavy (non-hydrogen) atoms. The standard InChI is InChI=1S/C19H22Cl2IN3O5P2/c1-4-28-32(27,29-5-2)19(26)18-13-8-12(6-7-16(13)25(24-18)31-22)30-11(3)17-14(20)9-23-10-15(17)21/h6-11,19,26,31H,4-5H2,1-3H3. The molecule has 8 nitrogen and oxygen atoms in total. The van der Waals surface area contributed by atoms with E-state index in [1.165, 1.54) is 12.4 Å². The van der Waals surface area contributed by atoms with Crippen molar-refractivity contribution in [2.24, 2.45) is 0 Å². The Hall–Kier alpha value is -0.510. The van der Waals surface area contributed by atoms with Crippen molar-refractivity contribution in [1.82, 2.24) is 14.5 Å². The molecule has 3 atom stereocenters. The van der Waals surface area contributed by atoms with E-state index in [2.05, 4.69) is 32.1 Å². The first kappa shape index (κ1) is 26.1. The molecule has 2 aromatic heterocycles. The fourth-order valence-electron chi connectivity index (χ4n) is 3.21. The van der Waals surface area contributed by atoms with Crippen molar-refractivity contribution in [3.8, 4) is 5.75 Å². The highest BCUT2D eigenvalue weighted by Gasteiger charge is 2.38. The Kier molecular flexibility index (Phi) is 9.20. The maximum atomic E-state index is 13.2. The highest BCUT2D eigenvalue weighted by atomic mass is 127. The van der Waals surface area contributed by atoms with E-state index in [-0.39, 0.29) is 25.3 Å². The van der Waals surface area contributed by atoms with Crippen LogP contribution in [0.4, 0.5) is 0 Å². The van der Waals surface area contributed by atoms with Crippen molar-refractivity contribution in [3.63, 3.8) is 0 Å². The second-order valence-electron chi connectivity index (χ2n) is 6.59. The van der Waals surface area contributed by atoms with E-state index >= 15 is 0 Å². The van der Waals surface area contributed by atoms with E-state index in [1.807, 2.05) is 13.0 Å². The number of pyridine rings is 1. The zero-order valence-corrected chi connectivity index (χ0v) is 23.0. The molecule has 0 radical (unpaired) electrons. The van der Waals surface area contributed by atoms with Gasteiger partial charge < -0.3 is 18.9 Å². The molecular weight excluding hydrogens is 610 g/mol. The molecule has 0 saturated carbocycles. The highest BCUT2D eigenvalue weighted by molar-refractivity contribution is 14.2. The molecule has 0 bridgehead atoms. The minimum atomic E-state index is -3.84. The minimum Gasteiger partial charge on any atom is -0.486 e. The van der Waals surface area contributed by atoms with Gasteiger partial charge in [-0.15, -0.1) is 0 Å². The highest BCUT2D eigenvalue weighted by Crippen LogP contribution is 2.60. The predicted octanol–water partition coefficient (Wildman–Crippen LogP) is 6.93. The summed E-state index contributed by atoms with van der Waals surface area (Å²) < 4.78 is 31.6. The lowest BCUT2D eigenvalue weighted by molar-refractivity contribution is 0.148. The molecular formula is C19H22Cl2IN3O5P2. The van der Waals surface area contributed by atoms with Gasteiger partial charge in [0, 0.05) is 23.3 Å². The molecule has 3 aromatic rings. The van der Waals surface area contributed by atoms with Gasteiger partial charge in [0.1, 0.15) is 17.5 Å². The lowest BCUT2D eigenvalue weighted by atomic mass is 10.1. The van der Waals surface area contributed by atoms with E-state index in [0.717, 1.165) is 5.52 Å². The number of benzene rings is 1. The van der Waals surface area contributed by atoms with Crippen LogP contribution in [0.25, 0.3) is 10.9 Å². The average Bonchev–Trinajstić information content (AvgIpc) is 3.11. The predicted molar refractivity (Wildman–Crippen MR) is 137 cm³/mol. The normalized spacial score (nSPS) is 14.3. The number of aliphatic hydroxyl groups excluding tert-OH is 1. The number of fused-ring (bicyclic) bond motifs is 1. The molecule has 1 aromatic carbocycles. The summed E-state index contributed by atoms with van der Waals surface area (Å²) >= 11 is 14.7. The van der Waals surface area contributed by atoms with Gasteiger partial charge in [-0.25, -0.2) is 4.45 Å². The van der Waals surface area contributed by atoms with Gasteiger partial charge in [0.05, 0.1) is 35.1 Å². The smallest absolute Gasteiger partial charge is 0.365 e. The zero-order valence-electron chi connectivity index (χ0n) is 17.5. The second-order valence-corrected chi connectivity index (χ2v) is 11.5. The Morgan fingerprint density at radius 3 is 2.41 bits per heavy atom. The molecule has 0 spiro atoms. The number of aromatic nitrogens is 3. The van der Waals surface area contributed by atoms with Crippen molar-refractivity contribution in [2.45, 2.75) is 32.7 Å². The van der Waals surface area contributed by atoms with Gasteiger partial charge in [-0.2, -0.15) is 5.10 Å². The van der Waals surface area contributed by atoms with E-state index in [9.17, 15) is 9.67 Å². The number of hydrogen-bond donors (Lipinski definition) is 1. The van der Waals surface area contributed by atoms with Crippen LogP contribution in [0.2, 0.25) is 10.0 Å². The first-order valence-electron chi connectivity index (χ1n) is 9.67. The topological polar surface area (TPSA) is 95.7 Å². The first-order chi connectivity index (χ1) is 15.3. The largest absolute Gasteiger partial charge is 0.486 e. The van der Waals surface area contributed by atoms with Crippen LogP contribution < -0.4 is 4.74 Å². The molecule has 1 N–H and O–H groups in total. The molecule has 3 unspecified atom stereocenters. The monoisotopic (exact) mass is 631 g/mol. The summed E-state index contributed by atoms with van der Waals surface area (Å²) in [5.41, 5.74) is 1.57. The summed E-state index contributed by atoms with van der Waals surface area (Å²) in [5, 5.41) is 16.8. The third kappa shape index (κ3) is 5.41. The van der Waals surface area contributed by atoms with Crippen molar-refractivity contribution in [2.75, 3.05) is 13.2 Å². The van der Waals surface area contributed by atoms with E-state index < -0.39 is 19.5 Å². The van der Waals surface area contributed by atoms with E-state index in [4.69, 9.17) is 37.0 Å². The number of halogens is 3. The van der Waals surface area contributed by atoms with Crippen LogP contribution in [-0.2, 0) is 13.6 Å². The Labute approximate surface area is 210 Å². The second kappa shape index (κ2) is 11.3. The Morgan fingerprint density at radius 2 is 1.84 bits per heavy atom. The molecule has 0 aliphatic rings. The fourth-order valence-corrected chi connectivity index (χ4v) is 6.98. The molecule has 0 fully saturated rings. The summed E-state index contributed by atoms with van der Waals surface area (Å²) in [6.07, 6.45) is 2.80. The summed E-state index contributed by atoms with van der Waals surface area (Å²) in [4.78, 5) is 3.96. The van der Waals surface area contributed by atoms with Crippen LogP contribution in [-0.4, -0.2) is 32.9 Å². The fraction of sp³-hybridized carbons (Fsp3) is 0.368. The molecule has 174 valence electrons. The average molecular weight is 632 g/mol. The summed E-state index contributed by atoms with van der Waals surface area (Å²) in [6.45, 7) is 5.44. The van der Waals surface area contributed by atoms with Gasteiger partial charge in [0.2, 0.25) is 5.85 Å². The minimum absolute atomic E-state index is 0.125. The van der Waals surface area contributed by atoms with Gasteiger partial charge in [-0.3, -0.25) is 9.55 Å². The summed E-state index contributed by atoms with van der Waals surface area (Å²) in [6, 6.07) is 5.35. The van der Waals surface area contributed by atoms with Crippen LogP contribution in [0.3, 0.4) is 0 Å². The van der Waals surface area contributed by atoms with Crippen molar-refractivity contribution in [1.29, 1.82) is 0 Å². The molecule has 0 aliphatic heterocycles. The zero-order chi connectivity index (χ0) is 23.5. The molecule has 0 aliphatic carbocycles. The van der Waals surface area contributed by atoms with Gasteiger partial charge >= 0.3 is 7.60 Å². The number of rotatable bonds is 10. The van der Waals surface area contributed by atoms with Crippen LogP contribution >= 0.6 is 59.2 Å². The SMILES string of the molecule is CCOP(=O)(OCC)C(O)c1nn(PI)c2ccc(OC(C)c3c(Cl)cncc3Cl)cc12. The molecule has 3 rings (SSSR count). The van der Waals surface area contributed by atoms with Crippen LogP contribution in [0.15, 0.2) is 30.6 Å². The van der Waals surface area contributed by atoms with Gasteiger partial charge in [-0.05, 0) is 61.0 Å². The Morgan fingerprint density at radius 1 is 1.22 bits per heavy atom. The third-order valence-corrected chi connectivity index (χ3v) is 9.09. The number of aliphatic hydroxyl groups is 1. The van der Waals surface area contributed by atoms with Crippen LogP contribution in [0, 0.1) is 0 Å². The molecule has 0 saturated heterocycles. The Balaban J connectivity index is 2.03. The quantitative estimate of drug-likeness (QED) is 0.192. The van der Waals surface area contributed by atoms with Gasteiger partial charge in [0.15, 0.2) is 0 Å². The van der Waals surface area contributed by atoms with Crippen LogP contribution in [0.1, 0.15) is 44.0 Å². The van der Waals surface area contributed by atoms with Crippen molar-refractivity contribution >= 4 is 70.1 Å². The van der Waals surface area contributed by atoms with Crippen molar-refractivity contribution in [3.05, 3.63) is 51.9 Å². The summed E-state index contributed by atoms with van der Waals surface area (Å²) in [5.74, 6) is -1.04. The number of nitrogens with zero attached hydrogens (tertiary/aromatic N) is 3. The maximum absolute atomic E-state index is 13.2. The van der Waals surface area contributed by atoms with Crippen LogP contribution in [0.5, 0.6) is 5.75 Å². The van der Waals surface area contributed by atoms with Gasteiger partial charge in [-0.1, -0.05) is 23.2 Å². The lowest BCUT2D eigenvalue weighted by Gasteiger charge is -2.21. The van der Waals surface area contributed by atoms with E-state index in [1.54, 1.807) is 30.4 Å². The third-order valence-electron chi connectivity index (χ3n) is 4.53. The molecule has 13 heteroatoms. The number of ether oxygens (including phenoxy) is 1. The first-order valence-corrected chi connectivity index (χ1v) is 16.1. The summed E-state index contributed by atoms with van der Waals surface area (Å²) in [7, 11) is -3.84. The lowest BCUT2D eigenvalue weighted by Crippen LogP contribution is -2.07. The Bertz CT molecular complexity index is 1120. The number of hydrogen-bond acceptors (Lipinski definition) is 7. The van der Waals surface area contributed by atoms with E-state index in [0.29, 0.717) is 26.7 Å².